The number of anilines is 1. The number of nitrogens with one attached hydrogen (secondary N) is 1. The van der Waals surface area contributed by atoms with Crippen LogP contribution in [0.4, 0.5) is 5.13 Å². The van der Waals surface area contributed by atoms with Gasteiger partial charge in [-0.15, -0.1) is 10.2 Å². The highest BCUT2D eigenvalue weighted by molar-refractivity contribution is 8.01. The molecule has 2 rings (SSSR count). The molecule has 1 atom stereocenters. The topological polar surface area (TPSA) is 64.1 Å². The number of benzene rings is 1. The van der Waals surface area contributed by atoms with E-state index in [1.165, 1.54) is 16.9 Å². The van der Waals surface area contributed by atoms with E-state index in [4.69, 9.17) is 4.74 Å². The fraction of sp³-hybridized carbons (Fsp3) is 0.438. The van der Waals surface area contributed by atoms with Gasteiger partial charge >= 0.3 is 0 Å². The third kappa shape index (κ3) is 5.21. The summed E-state index contributed by atoms with van der Waals surface area (Å²) in [5.41, 5.74) is 2.33. The molecule has 23 heavy (non-hydrogen) atoms. The number of rotatable bonds is 6. The molecule has 5 nitrogen and oxygen atoms in total. The van der Waals surface area contributed by atoms with Crippen molar-refractivity contribution in [2.24, 2.45) is 0 Å². The highest BCUT2D eigenvalue weighted by atomic mass is 32.2. The van der Waals surface area contributed by atoms with Gasteiger partial charge in [0, 0.05) is 5.25 Å². The van der Waals surface area contributed by atoms with E-state index in [-0.39, 0.29) is 5.91 Å². The Balaban J connectivity index is 1.94. The quantitative estimate of drug-likeness (QED) is 0.628. The van der Waals surface area contributed by atoms with Gasteiger partial charge in [-0.2, -0.15) is 0 Å². The van der Waals surface area contributed by atoms with E-state index in [2.05, 4.69) is 29.4 Å². The normalized spacial score (nSPS) is 12.3. The van der Waals surface area contributed by atoms with Gasteiger partial charge in [-0.3, -0.25) is 10.1 Å². The highest BCUT2D eigenvalue weighted by Gasteiger charge is 2.17. The van der Waals surface area contributed by atoms with E-state index in [1.807, 2.05) is 32.0 Å². The van der Waals surface area contributed by atoms with Crippen LogP contribution in [-0.2, 0) is 4.79 Å². The van der Waals surface area contributed by atoms with Gasteiger partial charge in [0.1, 0.15) is 5.75 Å². The van der Waals surface area contributed by atoms with Crippen molar-refractivity contribution >= 4 is 34.1 Å². The zero-order chi connectivity index (χ0) is 17.0. The van der Waals surface area contributed by atoms with Gasteiger partial charge in [0.2, 0.25) is 5.13 Å². The number of aromatic nitrogens is 2. The van der Waals surface area contributed by atoms with Crippen molar-refractivity contribution in [3.8, 4) is 5.75 Å². The summed E-state index contributed by atoms with van der Waals surface area (Å²) in [7, 11) is 0. The van der Waals surface area contributed by atoms with Crippen LogP contribution in [0.1, 0.15) is 31.9 Å². The summed E-state index contributed by atoms with van der Waals surface area (Å²) in [5.74, 6) is 0.449. The number of carbonyl (C=O) groups is 1. The molecule has 0 spiro atoms. The Bertz CT molecular complexity index is 686. The number of hydrogen-bond acceptors (Lipinski definition) is 6. The molecule has 0 radical (unpaired) electrons. The molecule has 0 saturated heterocycles. The van der Waals surface area contributed by atoms with Crippen molar-refractivity contribution in [3.63, 3.8) is 0 Å². The first kappa shape index (κ1) is 17.7. The first-order valence-electron chi connectivity index (χ1n) is 7.40. The van der Waals surface area contributed by atoms with Crippen molar-refractivity contribution in [2.75, 3.05) is 5.32 Å². The fourth-order valence-corrected chi connectivity index (χ4v) is 3.74. The average Bonchev–Trinajstić information content (AvgIpc) is 2.89. The molecular formula is C16H21N3O2S2. The third-order valence-electron chi connectivity index (χ3n) is 3.13. The van der Waals surface area contributed by atoms with Crippen molar-refractivity contribution in [2.45, 2.75) is 50.3 Å². The lowest BCUT2D eigenvalue weighted by atomic mass is 10.1. The minimum absolute atomic E-state index is 0.236. The minimum atomic E-state index is -0.609. The summed E-state index contributed by atoms with van der Waals surface area (Å²) in [6, 6.07) is 5.78. The second-order valence-electron chi connectivity index (χ2n) is 5.54. The average molecular weight is 351 g/mol. The SMILES string of the molecule is Cc1ccc(OC(C)C(=O)Nc2nnc(SC(C)C)s2)cc1C. The van der Waals surface area contributed by atoms with Crippen LogP contribution in [0.15, 0.2) is 22.5 Å². The van der Waals surface area contributed by atoms with E-state index >= 15 is 0 Å². The summed E-state index contributed by atoms with van der Waals surface area (Å²) in [6.45, 7) is 9.95. The maximum absolute atomic E-state index is 12.2. The van der Waals surface area contributed by atoms with Crippen molar-refractivity contribution in [3.05, 3.63) is 29.3 Å². The molecule has 1 aromatic carbocycles. The number of aryl methyl sites for hydroxylation is 2. The highest BCUT2D eigenvalue weighted by Crippen LogP contribution is 2.28. The van der Waals surface area contributed by atoms with Gasteiger partial charge in [0.15, 0.2) is 10.4 Å². The maximum Gasteiger partial charge on any atom is 0.266 e. The van der Waals surface area contributed by atoms with Gasteiger partial charge in [-0.1, -0.05) is 43.0 Å². The molecule has 7 heteroatoms. The molecule has 0 aliphatic heterocycles. The minimum Gasteiger partial charge on any atom is -0.481 e. The van der Waals surface area contributed by atoms with Gasteiger partial charge in [-0.25, -0.2) is 0 Å². The van der Waals surface area contributed by atoms with Crippen LogP contribution in [0.3, 0.4) is 0 Å². The monoisotopic (exact) mass is 351 g/mol. The van der Waals surface area contributed by atoms with Crippen LogP contribution < -0.4 is 10.1 Å². The fourth-order valence-electron chi connectivity index (χ4n) is 1.76. The largest absolute Gasteiger partial charge is 0.481 e. The second kappa shape index (κ2) is 7.79. The standard InChI is InChI=1S/C16H21N3O2S2/c1-9(2)22-16-19-18-15(23-16)17-14(20)12(5)21-13-7-6-10(3)11(4)8-13/h6-9,12H,1-5H3,(H,17,18,20). The number of ether oxygens (including phenoxy) is 1. The second-order valence-corrected chi connectivity index (χ2v) is 8.34. The Morgan fingerprint density at radius 1 is 1.22 bits per heavy atom. The van der Waals surface area contributed by atoms with E-state index in [9.17, 15) is 4.79 Å². The Labute approximate surface area is 144 Å². The smallest absolute Gasteiger partial charge is 0.266 e. The van der Waals surface area contributed by atoms with Crippen molar-refractivity contribution < 1.29 is 9.53 Å². The first-order valence-corrected chi connectivity index (χ1v) is 9.09. The summed E-state index contributed by atoms with van der Waals surface area (Å²) in [5, 5.41) is 11.7. The van der Waals surface area contributed by atoms with Crippen molar-refractivity contribution in [1.29, 1.82) is 0 Å². The number of hydrogen-bond donors (Lipinski definition) is 1. The van der Waals surface area contributed by atoms with Crippen LogP contribution in [0.5, 0.6) is 5.75 Å². The number of carbonyl (C=O) groups excluding carboxylic acids is 1. The summed E-state index contributed by atoms with van der Waals surface area (Å²) in [4.78, 5) is 12.2. The van der Waals surface area contributed by atoms with E-state index in [1.54, 1.807) is 18.7 Å². The van der Waals surface area contributed by atoms with Crippen LogP contribution in [-0.4, -0.2) is 27.5 Å². The Morgan fingerprint density at radius 3 is 2.61 bits per heavy atom. The lowest BCUT2D eigenvalue weighted by Gasteiger charge is -2.14. The molecule has 2 aromatic rings. The number of thioether (sulfide) groups is 1. The Hall–Kier alpha value is -1.60. The molecule has 124 valence electrons. The number of nitrogens with zero attached hydrogens (tertiary/aromatic N) is 2. The molecule has 1 heterocycles. The van der Waals surface area contributed by atoms with Crippen LogP contribution in [0.2, 0.25) is 0 Å². The van der Waals surface area contributed by atoms with E-state index < -0.39 is 6.10 Å². The zero-order valence-corrected chi connectivity index (χ0v) is 15.5. The molecule has 0 aliphatic carbocycles. The first-order chi connectivity index (χ1) is 10.8. The molecule has 1 amide bonds. The molecule has 0 aliphatic rings. The molecule has 1 aromatic heterocycles. The van der Waals surface area contributed by atoms with Gasteiger partial charge in [0.05, 0.1) is 0 Å². The predicted molar refractivity (Wildman–Crippen MR) is 95.5 cm³/mol. The maximum atomic E-state index is 12.2. The summed E-state index contributed by atoms with van der Waals surface area (Å²) < 4.78 is 6.54. The molecule has 0 saturated carbocycles. The van der Waals surface area contributed by atoms with Gasteiger partial charge in [0.25, 0.3) is 5.91 Å². The van der Waals surface area contributed by atoms with Crippen molar-refractivity contribution in [1.82, 2.24) is 10.2 Å². The van der Waals surface area contributed by atoms with Crippen LogP contribution >= 0.6 is 23.1 Å². The Morgan fingerprint density at radius 2 is 1.96 bits per heavy atom. The van der Waals surface area contributed by atoms with Gasteiger partial charge < -0.3 is 4.74 Å². The molecule has 0 bridgehead atoms. The lowest BCUT2D eigenvalue weighted by Crippen LogP contribution is -2.30. The molecular weight excluding hydrogens is 330 g/mol. The lowest BCUT2D eigenvalue weighted by molar-refractivity contribution is -0.122. The molecule has 1 N–H and O–H groups in total. The zero-order valence-electron chi connectivity index (χ0n) is 13.9. The van der Waals surface area contributed by atoms with Gasteiger partial charge in [-0.05, 0) is 44.0 Å². The molecule has 1 unspecified atom stereocenters. The van der Waals surface area contributed by atoms with Crippen LogP contribution in [0, 0.1) is 13.8 Å². The molecule has 0 fully saturated rings. The predicted octanol–water partition coefficient (Wildman–Crippen LogP) is 4.06. The third-order valence-corrected chi connectivity index (χ3v) is 5.06. The van der Waals surface area contributed by atoms with E-state index in [0.717, 1.165) is 9.90 Å². The van der Waals surface area contributed by atoms with Crippen LogP contribution in [0.25, 0.3) is 0 Å². The van der Waals surface area contributed by atoms with E-state index in [0.29, 0.717) is 16.1 Å². The summed E-state index contributed by atoms with van der Waals surface area (Å²) in [6.07, 6.45) is -0.609. The Kier molecular flexibility index (Phi) is 6.01. The summed E-state index contributed by atoms with van der Waals surface area (Å²) >= 11 is 2.99. The number of amides is 1.